The van der Waals surface area contributed by atoms with Gasteiger partial charge in [0.2, 0.25) is 0 Å². The molecule has 2 nitrogen and oxygen atoms in total. The number of carbonyl (C=O) groups excluding carboxylic acids is 1. The second kappa shape index (κ2) is 2.35. The van der Waals surface area contributed by atoms with Crippen molar-refractivity contribution in [2.45, 2.75) is 39.2 Å². The smallest absolute Gasteiger partial charge is 0.307 e. The Kier molecular flexibility index (Phi) is 1.53. The SMILES string of the molecule is CC[C@]12CC(=O)O[C@H]1C=C(C)C2. The highest BCUT2D eigenvalue weighted by molar-refractivity contribution is 5.74. The van der Waals surface area contributed by atoms with Crippen molar-refractivity contribution in [2.75, 3.05) is 0 Å². The third-order valence-corrected chi connectivity index (χ3v) is 3.13. The fraction of sp³-hybridized carbons (Fsp3) is 0.700. The Morgan fingerprint density at radius 1 is 1.67 bits per heavy atom. The monoisotopic (exact) mass is 166 g/mol. The summed E-state index contributed by atoms with van der Waals surface area (Å²) in [6.07, 6.45) is 4.88. The van der Waals surface area contributed by atoms with Crippen molar-refractivity contribution < 1.29 is 9.53 Å². The summed E-state index contributed by atoms with van der Waals surface area (Å²) in [6.45, 7) is 4.25. The van der Waals surface area contributed by atoms with Crippen molar-refractivity contribution in [2.24, 2.45) is 5.41 Å². The van der Waals surface area contributed by atoms with Gasteiger partial charge >= 0.3 is 5.97 Å². The van der Waals surface area contributed by atoms with E-state index < -0.39 is 0 Å². The quantitative estimate of drug-likeness (QED) is 0.440. The molecule has 0 spiro atoms. The molecule has 0 saturated carbocycles. The molecule has 0 bridgehead atoms. The van der Waals surface area contributed by atoms with E-state index in [2.05, 4.69) is 19.9 Å². The lowest BCUT2D eigenvalue weighted by atomic mass is 9.79. The van der Waals surface area contributed by atoms with Crippen LogP contribution >= 0.6 is 0 Å². The second-order valence-electron chi connectivity index (χ2n) is 3.99. The molecule has 12 heavy (non-hydrogen) atoms. The van der Waals surface area contributed by atoms with Gasteiger partial charge in [-0.25, -0.2) is 0 Å². The molecule has 1 aliphatic heterocycles. The maximum Gasteiger partial charge on any atom is 0.307 e. The van der Waals surface area contributed by atoms with Gasteiger partial charge in [-0.3, -0.25) is 4.79 Å². The van der Waals surface area contributed by atoms with Gasteiger partial charge in [0, 0.05) is 5.41 Å². The van der Waals surface area contributed by atoms with Crippen LogP contribution in [0.4, 0.5) is 0 Å². The van der Waals surface area contributed by atoms with E-state index in [1.54, 1.807) is 0 Å². The Morgan fingerprint density at radius 3 is 3.00 bits per heavy atom. The van der Waals surface area contributed by atoms with Crippen molar-refractivity contribution in [3.05, 3.63) is 11.6 Å². The first-order chi connectivity index (χ1) is 5.66. The molecule has 2 rings (SSSR count). The molecule has 2 heteroatoms. The lowest BCUT2D eigenvalue weighted by Gasteiger charge is -2.23. The van der Waals surface area contributed by atoms with Crippen molar-refractivity contribution in [3.8, 4) is 0 Å². The third-order valence-electron chi connectivity index (χ3n) is 3.13. The maximum absolute atomic E-state index is 11.1. The molecule has 0 amide bonds. The van der Waals surface area contributed by atoms with E-state index in [4.69, 9.17) is 4.74 Å². The van der Waals surface area contributed by atoms with Crippen LogP contribution < -0.4 is 0 Å². The Hall–Kier alpha value is -0.790. The summed E-state index contributed by atoms with van der Waals surface area (Å²) in [5, 5.41) is 0. The number of hydrogen-bond acceptors (Lipinski definition) is 2. The van der Waals surface area contributed by atoms with E-state index in [-0.39, 0.29) is 17.5 Å². The van der Waals surface area contributed by atoms with Crippen molar-refractivity contribution in [3.63, 3.8) is 0 Å². The lowest BCUT2D eigenvalue weighted by Crippen LogP contribution is -2.24. The van der Waals surface area contributed by atoms with Crippen LogP contribution in [0.25, 0.3) is 0 Å². The molecule has 1 heterocycles. The Bertz CT molecular complexity index is 255. The summed E-state index contributed by atoms with van der Waals surface area (Å²) in [7, 11) is 0. The first-order valence-electron chi connectivity index (χ1n) is 4.53. The molecule has 0 radical (unpaired) electrons. The summed E-state index contributed by atoms with van der Waals surface area (Å²) < 4.78 is 5.23. The van der Waals surface area contributed by atoms with Gasteiger partial charge in [-0.1, -0.05) is 12.5 Å². The summed E-state index contributed by atoms with van der Waals surface area (Å²) in [4.78, 5) is 11.1. The van der Waals surface area contributed by atoms with Crippen LogP contribution in [0.15, 0.2) is 11.6 Å². The molecule has 0 unspecified atom stereocenters. The van der Waals surface area contributed by atoms with Gasteiger partial charge in [0.25, 0.3) is 0 Å². The fourth-order valence-electron chi connectivity index (χ4n) is 2.39. The number of allylic oxidation sites excluding steroid dienone is 1. The highest BCUT2D eigenvalue weighted by Crippen LogP contribution is 2.49. The van der Waals surface area contributed by atoms with E-state index in [0.29, 0.717) is 6.42 Å². The van der Waals surface area contributed by atoms with Crippen LogP contribution in [0.3, 0.4) is 0 Å². The van der Waals surface area contributed by atoms with E-state index in [0.717, 1.165) is 12.8 Å². The van der Waals surface area contributed by atoms with Crippen LogP contribution in [0, 0.1) is 5.41 Å². The van der Waals surface area contributed by atoms with Crippen molar-refractivity contribution in [1.82, 2.24) is 0 Å². The summed E-state index contributed by atoms with van der Waals surface area (Å²) in [6, 6.07) is 0. The van der Waals surface area contributed by atoms with E-state index in [1.807, 2.05) is 0 Å². The average molecular weight is 166 g/mol. The van der Waals surface area contributed by atoms with Crippen molar-refractivity contribution in [1.29, 1.82) is 0 Å². The average Bonchev–Trinajstić information content (AvgIpc) is 2.40. The van der Waals surface area contributed by atoms with Crippen LogP contribution in [0.1, 0.15) is 33.1 Å². The van der Waals surface area contributed by atoms with Crippen LogP contribution in [0.2, 0.25) is 0 Å². The van der Waals surface area contributed by atoms with Gasteiger partial charge in [0.05, 0.1) is 6.42 Å². The van der Waals surface area contributed by atoms with Crippen molar-refractivity contribution >= 4 is 5.97 Å². The molecule has 2 atom stereocenters. The van der Waals surface area contributed by atoms with Crippen LogP contribution in [-0.2, 0) is 9.53 Å². The number of fused-ring (bicyclic) bond motifs is 1. The number of esters is 1. The molecule has 1 saturated heterocycles. The molecule has 0 aromatic carbocycles. The molecule has 0 aromatic rings. The number of ether oxygens (including phenoxy) is 1. The largest absolute Gasteiger partial charge is 0.457 e. The minimum absolute atomic E-state index is 0.0226. The molecule has 0 aromatic heterocycles. The van der Waals surface area contributed by atoms with E-state index in [9.17, 15) is 4.79 Å². The number of rotatable bonds is 1. The third kappa shape index (κ3) is 0.904. The molecular weight excluding hydrogens is 152 g/mol. The molecule has 0 N–H and O–H groups in total. The highest BCUT2D eigenvalue weighted by atomic mass is 16.6. The standard InChI is InChI=1S/C10H14O2/c1-3-10-5-7(2)4-8(10)12-9(11)6-10/h4,8H,3,5-6H2,1-2H3/t8-,10-/m0/s1. The first kappa shape index (κ1) is 7.84. The topological polar surface area (TPSA) is 26.3 Å². The Balaban J connectivity index is 2.28. The van der Waals surface area contributed by atoms with Gasteiger partial charge in [0.1, 0.15) is 6.10 Å². The maximum atomic E-state index is 11.1. The Labute approximate surface area is 72.6 Å². The summed E-state index contributed by atoms with van der Waals surface area (Å²) in [5.74, 6) is -0.0226. The zero-order valence-electron chi connectivity index (χ0n) is 7.59. The zero-order chi connectivity index (χ0) is 8.77. The second-order valence-corrected chi connectivity index (χ2v) is 3.99. The molecule has 1 fully saturated rings. The highest BCUT2D eigenvalue weighted by Gasteiger charge is 2.49. The molecular formula is C10H14O2. The molecule has 66 valence electrons. The van der Waals surface area contributed by atoms with Gasteiger partial charge in [-0.15, -0.1) is 0 Å². The predicted molar refractivity (Wildman–Crippen MR) is 45.6 cm³/mol. The van der Waals surface area contributed by atoms with E-state index in [1.165, 1.54) is 5.57 Å². The number of carbonyl (C=O) groups is 1. The Morgan fingerprint density at radius 2 is 2.42 bits per heavy atom. The minimum Gasteiger partial charge on any atom is -0.457 e. The van der Waals surface area contributed by atoms with E-state index >= 15 is 0 Å². The van der Waals surface area contributed by atoms with Gasteiger partial charge in [0.15, 0.2) is 0 Å². The minimum atomic E-state index is -0.0226. The summed E-state index contributed by atoms with van der Waals surface area (Å²) in [5.41, 5.74) is 1.50. The molecule has 2 aliphatic rings. The number of hydrogen-bond donors (Lipinski definition) is 0. The first-order valence-corrected chi connectivity index (χ1v) is 4.53. The zero-order valence-corrected chi connectivity index (χ0v) is 7.59. The van der Waals surface area contributed by atoms with Gasteiger partial charge in [-0.2, -0.15) is 0 Å². The lowest BCUT2D eigenvalue weighted by molar-refractivity contribution is -0.140. The predicted octanol–water partition coefficient (Wildman–Crippen LogP) is 2.05. The normalized spacial score (nSPS) is 39.3. The van der Waals surface area contributed by atoms with Crippen LogP contribution in [-0.4, -0.2) is 12.1 Å². The molecule has 1 aliphatic carbocycles. The fourth-order valence-corrected chi connectivity index (χ4v) is 2.39. The summed E-state index contributed by atoms with van der Waals surface area (Å²) >= 11 is 0. The van der Waals surface area contributed by atoms with Gasteiger partial charge in [-0.05, 0) is 25.8 Å². The van der Waals surface area contributed by atoms with Gasteiger partial charge < -0.3 is 4.74 Å². The van der Waals surface area contributed by atoms with Crippen LogP contribution in [0.5, 0.6) is 0 Å².